The molecule has 4 rings (SSSR count). The van der Waals surface area contributed by atoms with E-state index >= 15 is 0 Å². The Bertz CT molecular complexity index is 924. The van der Waals surface area contributed by atoms with E-state index in [1.807, 2.05) is 12.1 Å². The van der Waals surface area contributed by atoms with Crippen molar-refractivity contribution in [1.29, 1.82) is 0 Å². The molecule has 2 aromatic carbocycles. The van der Waals surface area contributed by atoms with Gasteiger partial charge in [-0.05, 0) is 61.1 Å². The third-order valence-corrected chi connectivity index (χ3v) is 5.74. The van der Waals surface area contributed by atoms with E-state index in [1.54, 1.807) is 0 Å². The standard InChI is InChI=1S/C23H26ClN5/c24-21-10-8-19(9-11-21)22-6-2-1-5-20(22)17-18-12-15-29(16-13-18)14-4-3-7-23-25-27-28-26-23/h1-2,5-6,8-11,17H,3-4,7,12-16H2,(H,25,26,27,28). The fourth-order valence-corrected chi connectivity index (χ4v) is 3.98. The van der Waals surface area contributed by atoms with Gasteiger partial charge in [0.25, 0.3) is 0 Å². The highest BCUT2D eigenvalue weighted by molar-refractivity contribution is 6.30. The Morgan fingerprint density at radius 1 is 1.00 bits per heavy atom. The van der Waals surface area contributed by atoms with Gasteiger partial charge in [-0.25, -0.2) is 0 Å². The number of rotatable bonds is 7. The van der Waals surface area contributed by atoms with Crippen molar-refractivity contribution in [3.63, 3.8) is 0 Å². The van der Waals surface area contributed by atoms with Crippen molar-refractivity contribution < 1.29 is 0 Å². The molecule has 1 N–H and O–H groups in total. The highest BCUT2D eigenvalue weighted by Crippen LogP contribution is 2.28. The smallest absolute Gasteiger partial charge is 0.174 e. The van der Waals surface area contributed by atoms with Crippen LogP contribution in [0.4, 0.5) is 0 Å². The van der Waals surface area contributed by atoms with E-state index in [9.17, 15) is 0 Å². The van der Waals surface area contributed by atoms with Gasteiger partial charge in [0.15, 0.2) is 5.82 Å². The largest absolute Gasteiger partial charge is 0.303 e. The SMILES string of the molecule is Clc1ccc(-c2ccccc2C=C2CCN(CCCCc3nn[nH]n3)CC2)cc1. The number of nitrogens with zero attached hydrogens (tertiary/aromatic N) is 4. The third-order valence-electron chi connectivity index (χ3n) is 5.49. The minimum Gasteiger partial charge on any atom is -0.303 e. The Morgan fingerprint density at radius 3 is 2.55 bits per heavy atom. The van der Waals surface area contributed by atoms with Gasteiger partial charge in [-0.15, -0.1) is 10.2 Å². The molecule has 0 unspecified atom stereocenters. The zero-order chi connectivity index (χ0) is 19.9. The predicted molar refractivity (Wildman–Crippen MR) is 118 cm³/mol. The third kappa shape index (κ3) is 5.52. The summed E-state index contributed by atoms with van der Waals surface area (Å²) in [5.41, 5.74) is 5.30. The van der Waals surface area contributed by atoms with Crippen LogP contribution in [0.15, 0.2) is 54.1 Å². The fourth-order valence-electron chi connectivity index (χ4n) is 3.85. The van der Waals surface area contributed by atoms with Crippen LogP contribution in [-0.2, 0) is 6.42 Å². The Hall–Kier alpha value is -2.50. The highest BCUT2D eigenvalue weighted by Gasteiger charge is 2.14. The Morgan fingerprint density at radius 2 is 1.79 bits per heavy atom. The van der Waals surface area contributed by atoms with E-state index in [0.717, 1.165) is 56.2 Å². The van der Waals surface area contributed by atoms with Gasteiger partial charge in [0, 0.05) is 24.5 Å². The molecule has 1 saturated heterocycles. The average Bonchev–Trinajstić information content (AvgIpc) is 3.27. The van der Waals surface area contributed by atoms with Gasteiger partial charge in [-0.3, -0.25) is 0 Å². The second-order valence-electron chi connectivity index (χ2n) is 7.52. The number of likely N-dealkylation sites (tertiary alicyclic amines) is 1. The van der Waals surface area contributed by atoms with E-state index in [0.29, 0.717) is 0 Å². The molecule has 150 valence electrons. The molecule has 0 aliphatic carbocycles. The Balaban J connectivity index is 1.31. The molecule has 6 heteroatoms. The molecule has 5 nitrogen and oxygen atoms in total. The van der Waals surface area contributed by atoms with Gasteiger partial charge in [-0.1, -0.05) is 64.9 Å². The summed E-state index contributed by atoms with van der Waals surface area (Å²) < 4.78 is 0. The first-order valence-electron chi connectivity index (χ1n) is 10.3. The first kappa shape index (κ1) is 19.8. The molecule has 0 radical (unpaired) electrons. The lowest BCUT2D eigenvalue weighted by Crippen LogP contribution is -2.31. The van der Waals surface area contributed by atoms with Gasteiger partial charge in [-0.2, -0.15) is 5.21 Å². The van der Waals surface area contributed by atoms with Crippen LogP contribution >= 0.6 is 11.6 Å². The van der Waals surface area contributed by atoms with E-state index in [1.165, 1.54) is 28.7 Å². The van der Waals surface area contributed by atoms with Gasteiger partial charge < -0.3 is 4.90 Å². The summed E-state index contributed by atoms with van der Waals surface area (Å²) in [4.78, 5) is 2.57. The molecule has 0 bridgehead atoms. The van der Waals surface area contributed by atoms with Crippen molar-refractivity contribution >= 4 is 17.7 Å². The first-order chi connectivity index (χ1) is 14.3. The van der Waals surface area contributed by atoms with Gasteiger partial charge in [0.05, 0.1) is 0 Å². The first-order valence-corrected chi connectivity index (χ1v) is 10.6. The lowest BCUT2D eigenvalue weighted by molar-refractivity contribution is 0.252. The van der Waals surface area contributed by atoms with E-state index < -0.39 is 0 Å². The van der Waals surface area contributed by atoms with Gasteiger partial charge in [0.1, 0.15) is 0 Å². The molecule has 1 aliphatic heterocycles. The Kier molecular flexibility index (Phi) is 6.70. The lowest BCUT2D eigenvalue weighted by atomic mass is 9.95. The molecule has 3 aromatic rings. The number of piperidine rings is 1. The molecule has 1 fully saturated rings. The topological polar surface area (TPSA) is 57.7 Å². The minimum absolute atomic E-state index is 0.772. The predicted octanol–water partition coefficient (Wildman–Crippen LogP) is 5.02. The van der Waals surface area contributed by atoms with Crippen molar-refractivity contribution in [3.05, 3.63) is 70.5 Å². The van der Waals surface area contributed by atoms with Crippen LogP contribution in [0.5, 0.6) is 0 Å². The molecule has 0 saturated carbocycles. The lowest BCUT2D eigenvalue weighted by Gasteiger charge is -2.28. The monoisotopic (exact) mass is 407 g/mol. The molecule has 29 heavy (non-hydrogen) atoms. The summed E-state index contributed by atoms with van der Waals surface area (Å²) >= 11 is 6.05. The van der Waals surface area contributed by atoms with Crippen LogP contribution in [0, 0.1) is 0 Å². The average molecular weight is 408 g/mol. The number of nitrogens with one attached hydrogen (secondary N) is 1. The number of tetrazole rings is 1. The molecule has 1 aromatic heterocycles. The minimum atomic E-state index is 0.772. The maximum atomic E-state index is 6.05. The second kappa shape index (κ2) is 9.81. The molecular weight excluding hydrogens is 382 g/mol. The quantitative estimate of drug-likeness (QED) is 0.558. The highest BCUT2D eigenvalue weighted by atomic mass is 35.5. The number of benzene rings is 2. The zero-order valence-electron chi connectivity index (χ0n) is 16.5. The number of hydrogen-bond acceptors (Lipinski definition) is 4. The van der Waals surface area contributed by atoms with Crippen LogP contribution in [0.2, 0.25) is 5.02 Å². The summed E-state index contributed by atoms with van der Waals surface area (Å²) in [6.07, 6.45) is 7.84. The molecular formula is C23H26ClN5. The van der Waals surface area contributed by atoms with Gasteiger partial charge in [0.2, 0.25) is 0 Å². The van der Waals surface area contributed by atoms with Crippen molar-refractivity contribution in [2.45, 2.75) is 32.1 Å². The molecule has 2 heterocycles. The molecule has 0 amide bonds. The van der Waals surface area contributed by atoms with Crippen molar-refractivity contribution in [2.24, 2.45) is 0 Å². The van der Waals surface area contributed by atoms with Crippen LogP contribution in [0.3, 0.4) is 0 Å². The summed E-state index contributed by atoms with van der Waals surface area (Å²) in [7, 11) is 0. The number of hydrogen-bond donors (Lipinski definition) is 1. The van der Waals surface area contributed by atoms with E-state index in [-0.39, 0.29) is 0 Å². The summed E-state index contributed by atoms with van der Waals surface area (Å²) in [5, 5.41) is 14.9. The fraction of sp³-hybridized carbons (Fsp3) is 0.348. The van der Waals surface area contributed by atoms with E-state index in [2.05, 4.69) is 68.0 Å². The van der Waals surface area contributed by atoms with Gasteiger partial charge >= 0.3 is 0 Å². The number of unbranched alkanes of at least 4 members (excludes halogenated alkanes) is 1. The molecule has 0 spiro atoms. The zero-order valence-corrected chi connectivity index (χ0v) is 17.3. The number of aromatic amines is 1. The molecule has 0 atom stereocenters. The maximum Gasteiger partial charge on any atom is 0.174 e. The number of H-pyrrole nitrogens is 1. The summed E-state index contributed by atoms with van der Waals surface area (Å²) in [6.45, 7) is 3.42. The molecule has 1 aliphatic rings. The maximum absolute atomic E-state index is 6.05. The second-order valence-corrected chi connectivity index (χ2v) is 7.96. The normalized spacial score (nSPS) is 14.9. The number of aryl methyl sites for hydroxylation is 1. The van der Waals surface area contributed by atoms with Crippen molar-refractivity contribution in [1.82, 2.24) is 25.5 Å². The number of halogens is 1. The van der Waals surface area contributed by atoms with Crippen molar-refractivity contribution in [2.75, 3.05) is 19.6 Å². The van der Waals surface area contributed by atoms with Crippen LogP contribution in [0.25, 0.3) is 17.2 Å². The summed E-state index contributed by atoms with van der Waals surface area (Å²) in [5.74, 6) is 0.813. The summed E-state index contributed by atoms with van der Waals surface area (Å²) in [6, 6.07) is 16.7. The van der Waals surface area contributed by atoms with Crippen molar-refractivity contribution in [3.8, 4) is 11.1 Å². The van der Waals surface area contributed by atoms with Crippen LogP contribution < -0.4 is 0 Å². The van der Waals surface area contributed by atoms with E-state index in [4.69, 9.17) is 11.6 Å². The number of aromatic nitrogens is 4. The van der Waals surface area contributed by atoms with Crippen LogP contribution in [0.1, 0.15) is 37.1 Å². The Labute approximate surface area is 176 Å². The van der Waals surface area contributed by atoms with Crippen LogP contribution in [-0.4, -0.2) is 45.2 Å².